The lowest BCUT2D eigenvalue weighted by atomic mass is 10.0. The summed E-state index contributed by atoms with van der Waals surface area (Å²) >= 11 is 6.99. The van der Waals surface area contributed by atoms with Gasteiger partial charge >= 0.3 is 12.1 Å². The normalized spacial score (nSPS) is 16.4. The molecule has 0 unspecified atom stereocenters. The number of carbonyl (C=O) groups excluding carboxylic acids is 3. The average Bonchev–Trinajstić information content (AvgIpc) is 3.04. The number of piperazine rings is 1. The van der Waals surface area contributed by atoms with Crippen LogP contribution in [-0.4, -0.2) is 84.1 Å². The van der Waals surface area contributed by atoms with Gasteiger partial charge in [-0.15, -0.1) is 0 Å². The number of para-hydroxylation sites is 1. The highest BCUT2D eigenvalue weighted by molar-refractivity contribution is 9.11. The third-order valence-corrected chi connectivity index (χ3v) is 9.49. The molecule has 2 saturated heterocycles. The van der Waals surface area contributed by atoms with Crippen molar-refractivity contribution < 1.29 is 14.4 Å². The number of nitrogen functional groups attached to an aromatic ring is 1. The lowest BCUT2D eigenvalue weighted by Crippen LogP contribution is -2.58. The first kappa shape index (κ1) is 31.6. The predicted octanol–water partition coefficient (Wildman–Crippen LogP) is 4.21. The standard InChI is InChI=1S/C31H36Br2N8O3/c32-25-18-21(19-26(33)28(25)34)20-27(29(42)39-16-14-38(15-17-39)22-6-10-36-11-7-22)37-31(44)40-12-8-24(9-13-40)41(30(35)43)23-4-2-1-3-5-23/h1-7,10-11,18-19,24,27H,8-9,12-17,20,34H2,(H2,35,43)(H,37,44)/t27-/m0/s1. The number of hydrogen-bond acceptors (Lipinski definition) is 6. The summed E-state index contributed by atoms with van der Waals surface area (Å²) in [4.78, 5) is 51.3. The van der Waals surface area contributed by atoms with Crippen molar-refractivity contribution in [1.82, 2.24) is 20.1 Å². The number of rotatable bonds is 7. The van der Waals surface area contributed by atoms with Gasteiger partial charge in [-0.05, 0) is 86.7 Å². The van der Waals surface area contributed by atoms with Crippen LogP contribution in [0.2, 0.25) is 0 Å². The lowest BCUT2D eigenvalue weighted by Gasteiger charge is -2.39. The SMILES string of the molecule is NC(=O)N(c1ccccc1)C1CCN(C(=O)N[C@@H](Cc2cc(Br)c(N)c(Br)c2)C(=O)N2CCN(c3ccncc3)CC2)CC1. The molecule has 1 aromatic heterocycles. The first-order valence-electron chi connectivity index (χ1n) is 14.6. The second kappa shape index (κ2) is 14.3. The van der Waals surface area contributed by atoms with Gasteiger partial charge in [0.1, 0.15) is 6.04 Å². The van der Waals surface area contributed by atoms with Crippen molar-refractivity contribution in [3.63, 3.8) is 0 Å². The van der Waals surface area contributed by atoms with Crippen LogP contribution >= 0.6 is 31.9 Å². The lowest BCUT2D eigenvalue weighted by molar-refractivity contribution is -0.133. The Kier molecular flexibility index (Phi) is 10.3. The number of hydrogen-bond donors (Lipinski definition) is 3. The van der Waals surface area contributed by atoms with Crippen LogP contribution in [0.1, 0.15) is 18.4 Å². The van der Waals surface area contributed by atoms with Crippen LogP contribution in [0.4, 0.5) is 26.7 Å². The zero-order valence-corrected chi connectivity index (χ0v) is 27.4. The molecule has 44 heavy (non-hydrogen) atoms. The largest absolute Gasteiger partial charge is 0.397 e. The molecule has 5 rings (SSSR count). The van der Waals surface area contributed by atoms with Gasteiger partial charge in [-0.25, -0.2) is 9.59 Å². The molecule has 2 fully saturated rings. The highest BCUT2D eigenvalue weighted by Crippen LogP contribution is 2.30. The first-order valence-corrected chi connectivity index (χ1v) is 16.2. The second-order valence-electron chi connectivity index (χ2n) is 11.0. The van der Waals surface area contributed by atoms with Crippen molar-refractivity contribution in [3.05, 3.63) is 81.5 Å². The summed E-state index contributed by atoms with van der Waals surface area (Å²) in [5.41, 5.74) is 15.1. The van der Waals surface area contributed by atoms with E-state index in [4.69, 9.17) is 11.5 Å². The van der Waals surface area contributed by atoms with Crippen molar-refractivity contribution in [3.8, 4) is 0 Å². The van der Waals surface area contributed by atoms with Gasteiger partial charge in [-0.3, -0.25) is 14.7 Å². The minimum atomic E-state index is -0.776. The number of urea groups is 2. The minimum Gasteiger partial charge on any atom is -0.397 e. The summed E-state index contributed by atoms with van der Waals surface area (Å²) in [6.45, 7) is 3.30. The van der Waals surface area contributed by atoms with Crippen molar-refractivity contribution in [2.24, 2.45) is 5.73 Å². The van der Waals surface area contributed by atoms with Gasteiger partial charge < -0.3 is 31.5 Å². The summed E-state index contributed by atoms with van der Waals surface area (Å²) in [6, 6.07) is 15.3. The number of nitrogens with zero attached hydrogens (tertiary/aromatic N) is 5. The van der Waals surface area contributed by atoms with Crippen LogP contribution in [0.5, 0.6) is 0 Å². The molecule has 0 spiro atoms. The molecule has 2 aliphatic heterocycles. The fourth-order valence-electron chi connectivity index (χ4n) is 5.82. The fraction of sp³-hybridized carbons (Fsp3) is 0.355. The van der Waals surface area contributed by atoms with E-state index in [1.807, 2.05) is 59.5 Å². The van der Waals surface area contributed by atoms with Crippen molar-refractivity contribution in [1.29, 1.82) is 0 Å². The van der Waals surface area contributed by atoms with Crippen molar-refractivity contribution >= 4 is 66.9 Å². The molecular weight excluding hydrogens is 692 g/mol. The second-order valence-corrected chi connectivity index (χ2v) is 12.7. The third kappa shape index (κ3) is 7.44. The summed E-state index contributed by atoms with van der Waals surface area (Å²) in [6.07, 6.45) is 4.96. The Morgan fingerprint density at radius 3 is 2.11 bits per heavy atom. The van der Waals surface area contributed by atoms with Gasteiger partial charge in [0.05, 0.1) is 5.69 Å². The maximum Gasteiger partial charge on any atom is 0.319 e. The topological polar surface area (TPSA) is 141 Å². The number of nitrogens with two attached hydrogens (primary N) is 2. The first-order chi connectivity index (χ1) is 21.2. The van der Waals surface area contributed by atoms with Crippen molar-refractivity contribution in [2.75, 3.05) is 54.8 Å². The van der Waals surface area contributed by atoms with E-state index in [-0.39, 0.29) is 18.0 Å². The molecule has 11 nitrogen and oxygen atoms in total. The molecule has 0 saturated carbocycles. The number of halogens is 2. The molecule has 13 heteroatoms. The predicted molar refractivity (Wildman–Crippen MR) is 178 cm³/mol. The number of carbonyl (C=O) groups is 3. The number of pyridine rings is 1. The summed E-state index contributed by atoms with van der Waals surface area (Å²) in [7, 11) is 0. The minimum absolute atomic E-state index is 0.127. The van der Waals surface area contributed by atoms with E-state index in [2.05, 4.69) is 47.1 Å². The molecule has 5 N–H and O–H groups in total. The van der Waals surface area contributed by atoms with Gasteiger partial charge in [0.2, 0.25) is 5.91 Å². The van der Waals surface area contributed by atoms with E-state index in [0.29, 0.717) is 73.2 Å². The summed E-state index contributed by atoms with van der Waals surface area (Å²) in [5, 5.41) is 3.03. The average molecular weight is 728 g/mol. The molecule has 0 bridgehead atoms. The number of likely N-dealkylation sites (tertiary alicyclic amines) is 1. The number of primary amides is 1. The number of nitrogens with one attached hydrogen (secondary N) is 1. The molecule has 3 heterocycles. The van der Waals surface area contributed by atoms with Crippen LogP contribution < -0.4 is 26.6 Å². The number of piperidine rings is 1. The zero-order valence-electron chi connectivity index (χ0n) is 24.2. The highest BCUT2D eigenvalue weighted by atomic mass is 79.9. The van der Waals surface area contributed by atoms with E-state index in [1.165, 1.54) is 0 Å². The monoisotopic (exact) mass is 726 g/mol. The van der Waals surface area contributed by atoms with Crippen LogP contribution in [0.3, 0.4) is 0 Å². The van der Waals surface area contributed by atoms with Crippen LogP contribution in [0.15, 0.2) is 75.9 Å². The number of anilines is 3. The highest BCUT2D eigenvalue weighted by Gasteiger charge is 2.33. The van der Waals surface area contributed by atoms with E-state index in [9.17, 15) is 14.4 Å². The van der Waals surface area contributed by atoms with Gasteiger partial charge in [-0.1, -0.05) is 18.2 Å². The Morgan fingerprint density at radius 2 is 1.52 bits per heavy atom. The molecule has 3 aromatic rings. The molecule has 0 aliphatic carbocycles. The quantitative estimate of drug-likeness (QED) is 0.312. The van der Waals surface area contributed by atoms with Crippen LogP contribution in [-0.2, 0) is 11.2 Å². The third-order valence-electron chi connectivity index (χ3n) is 8.18. The molecule has 1 atom stereocenters. The van der Waals surface area contributed by atoms with Gasteiger partial charge in [0.25, 0.3) is 0 Å². The summed E-state index contributed by atoms with van der Waals surface area (Å²) < 4.78 is 1.43. The fourth-order valence-corrected chi connectivity index (χ4v) is 7.11. The molecule has 0 radical (unpaired) electrons. The van der Waals surface area contributed by atoms with Crippen LogP contribution in [0, 0.1) is 0 Å². The van der Waals surface area contributed by atoms with Crippen molar-refractivity contribution in [2.45, 2.75) is 31.3 Å². The Balaban J connectivity index is 1.26. The van der Waals surface area contributed by atoms with Crippen LogP contribution in [0.25, 0.3) is 0 Å². The maximum absolute atomic E-state index is 13.9. The Bertz CT molecular complexity index is 1440. The van der Waals surface area contributed by atoms with Gasteiger partial charge in [0, 0.05) is 84.4 Å². The Morgan fingerprint density at radius 1 is 0.909 bits per heavy atom. The molecule has 5 amide bonds. The molecule has 2 aliphatic rings. The van der Waals surface area contributed by atoms with E-state index < -0.39 is 12.1 Å². The maximum atomic E-state index is 13.9. The Hall–Kier alpha value is -3.84. The molecule has 232 valence electrons. The van der Waals surface area contributed by atoms with E-state index in [1.54, 1.807) is 22.2 Å². The smallest absolute Gasteiger partial charge is 0.319 e. The number of aromatic nitrogens is 1. The Labute approximate surface area is 273 Å². The van der Waals surface area contributed by atoms with Gasteiger partial charge in [0.15, 0.2) is 0 Å². The van der Waals surface area contributed by atoms with Gasteiger partial charge in [-0.2, -0.15) is 0 Å². The number of benzene rings is 2. The molecule has 2 aromatic carbocycles. The zero-order chi connectivity index (χ0) is 31.2. The number of amides is 5. The summed E-state index contributed by atoms with van der Waals surface area (Å²) in [5.74, 6) is -0.129. The van der Waals surface area contributed by atoms with E-state index in [0.717, 1.165) is 16.9 Å². The molecular formula is C31H36Br2N8O3. The van der Waals surface area contributed by atoms with E-state index >= 15 is 0 Å².